The summed E-state index contributed by atoms with van der Waals surface area (Å²) < 4.78 is 11.5. The molecule has 106 valence electrons. The fourth-order valence-electron chi connectivity index (χ4n) is 1.74. The van der Waals surface area contributed by atoms with Gasteiger partial charge >= 0.3 is 0 Å². The molecule has 0 aliphatic heterocycles. The SMILES string of the molecule is CN(C)CCOc1cccc(OCc2ccccc2)c1. The number of nitrogens with zero attached hydrogens (tertiary/aromatic N) is 1. The number of hydrogen-bond donors (Lipinski definition) is 0. The van der Waals surface area contributed by atoms with Gasteiger partial charge in [-0.25, -0.2) is 0 Å². The number of ether oxygens (including phenoxy) is 2. The normalized spacial score (nSPS) is 10.6. The zero-order valence-corrected chi connectivity index (χ0v) is 12.1. The molecule has 0 saturated heterocycles. The van der Waals surface area contributed by atoms with Gasteiger partial charge in [0, 0.05) is 12.6 Å². The van der Waals surface area contributed by atoms with Crippen molar-refractivity contribution in [2.45, 2.75) is 6.61 Å². The first kappa shape index (κ1) is 14.4. The van der Waals surface area contributed by atoms with E-state index in [-0.39, 0.29) is 0 Å². The Bertz CT molecular complexity index is 511. The van der Waals surface area contributed by atoms with Crippen molar-refractivity contribution in [3.05, 3.63) is 60.2 Å². The van der Waals surface area contributed by atoms with E-state index in [1.54, 1.807) is 0 Å². The van der Waals surface area contributed by atoms with Crippen LogP contribution in [0.2, 0.25) is 0 Å². The summed E-state index contributed by atoms with van der Waals surface area (Å²) in [6.45, 7) is 2.15. The molecule has 0 spiro atoms. The van der Waals surface area contributed by atoms with Crippen LogP contribution in [0.25, 0.3) is 0 Å². The third-order valence-electron chi connectivity index (χ3n) is 2.86. The van der Waals surface area contributed by atoms with E-state index in [9.17, 15) is 0 Å². The minimum Gasteiger partial charge on any atom is -0.492 e. The average molecular weight is 271 g/mol. The third kappa shape index (κ3) is 4.94. The van der Waals surface area contributed by atoms with Gasteiger partial charge in [-0.1, -0.05) is 36.4 Å². The lowest BCUT2D eigenvalue weighted by atomic mass is 10.2. The van der Waals surface area contributed by atoms with Crippen molar-refractivity contribution in [2.24, 2.45) is 0 Å². The van der Waals surface area contributed by atoms with Crippen LogP contribution in [0.4, 0.5) is 0 Å². The lowest BCUT2D eigenvalue weighted by Gasteiger charge is -2.12. The van der Waals surface area contributed by atoms with Crippen molar-refractivity contribution < 1.29 is 9.47 Å². The van der Waals surface area contributed by atoms with Gasteiger partial charge in [0.2, 0.25) is 0 Å². The van der Waals surface area contributed by atoms with Gasteiger partial charge < -0.3 is 14.4 Å². The second-order valence-electron chi connectivity index (χ2n) is 4.90. The highest BCUT2D eigenvalue weighted by Crippen LogP contribution is 2.20. The molecule has 20 heavy (non-hydrogen) atoms. The monoisotopic (exact) mass is 271 g/mol. The molecule has 0 aliphatic carbocycles. The van der Waals surface area contributed by atoms with Crippen LogP contribution in [-0.2, 0) is 6.61 Å². The van der Waals surface area contributed by atoms with E-state index in [1.807, 2.05) is 56.6 Å². The number of likely N-dealkylation sites (N-methyl/N-ethyl adjacent to an activating group) is 1. The highest BCUT2D eigenvalue weighted by molar-refractivity contribution is 5.33. The minimum atomic E-state index is 0.571. The molecule has 0 radical (unpaired) electrons. The summed E-state index contributed by atoms with van der Waals surface area (Å²) in [6, 6.07) is 17.9. The Labute approximate surface area is 120 Å². The molecule has 0 heterocycles. The van der Waals surface area contributed by atoms with Gasteiger partial charge in [-0.05, 0) is 31.8 Å². The predicted octanol–water partition coefficient (Wildman–Crippen LogP) is 3.21. The fourth-order valence-corrected chi connectivity index (χ4v) is 1.74. The molecular weight excluding hydrogens is 250 g/mol. The van der Waals surface area contributed by atoms with Crippen LogP contribution in [0.15, 0.2) is 54.6 Å². The molecule has 0 fully saturated rings. The highest BCUT2D eigenvalue weighted by atomic mass is 16.5. The van der Waals surface area contributed by atoms with E-state index in [1.165, 1.54) is 0 Å². The van der Waals surface area contributed by atoms with E-state index >= 15 is 0 Å². The van der Waals surface area contributed by atoms with Crippen LogP contribution < -0.4 is 9.47 Å². The van der Waals surface area contributed by atoms with Crippen LogP contribution >= 0.6 is 0 Å². The first-order valence-corrected chi connectivity index (χ1v) is 6.78. The fraction of sp³-hybridized carbons (Fsp3) is 0.294. The molecule has 3 heteroatoms. The zero-order chi connectivity index (χ0) is 14.2. The lowest BCUT2D eigenvalue weighted by molar-refractivity contribution is 0.258. The minimum absolute atomic E-state index is 0.571. The Morgan fingerprint density at radius 2 is 1.55 bits per heavy atom. The van der Waals surface area contributed by atoms with Crippen LogP contribution in [0.5, 0.6) is 11.5 Å². The van der Waals surface area contributed by atoms with Crippen molar-refractivity contribution in [3.8, 4) is 11.5 Å². The van der Waals surface area contributed by atoms with E-state index in [0.29, 0.717) is 13.2 Å². The van der Waals surface area contributed by atoms with Crippen molar-refractivity contribution in [1.82, 2.24) is 4.90 Å². The Balaban J connectivity index is 1.86. The topological polar surface area (TPSA) is 21.7 Å². The summed E-state index contributed by atoms with van der Waals surface area (Å²) in [5.74, 6) is 1.67. The number of hydrogen-bond acceptors (Lipinski definition) is 3. The molecule has 0 unspecified atom stereocenters. The molecule has 0 aliphatic rings. The molecule has 2 aromatic rings. The maximum atomic E-state index is 5.77. The van der Waals surface area contributed by atoms with Gasteiger partial charge in [-0.2, -0.15) is 0 Å². The number of rotatable bonds is 7. The van der Waals surface area contributed by atoms with Gasteiger partial charge in [-0.15, -0.1) is 0 Å². The Hall–Kier alpha value is -2.00. The van der Waals surface area contributed by atoms with Crippen molar-refractivity contribution in [3.63, 3.8) is 0 Å². The Kier molecular flexibility index (Phi) is 5.44. The maximum absolute atomic E-state index is 5.77. The quantitative estimate of drug-likeness (QED) is 0.772. The zero-order valence-electron chi connectivity index (χ0n) is 12.1. The van der Waals surface area contributed by atoms with E-state index < -0.39 is 0 Å². The molecule has 2 aromatic carbocycles. The van der Waals surface area contributed by atoms with Crippen molar-refractivity contribution >= 4 is 0 Å². The van der Waals surface area contributed by atoms with Gasteiger partial charge in [0.25, 0.3) is 0 Å². The van der Waals surface area contributed by atoms with Crippen LogP contribution in [0.1, 0.15) is 5.56 Å². The van der Waals surface area contributed by atoms with Crippen molar-refractivity contribution in [1.29, 1.82) is 0 Å². The molecule has 0 atom stereocenters. The van der Waals surface area contributed by atoms with Gasteiger partial charge in [0.15, 0.2) is 0 Å². The molecule has 2 rings (SSSR count). The number of benzene rings is 2. The van der Waals surface area contributed by atoms with Gasteiger partial charge in [0.1, 0.15) is 24.7 Å². The molecule has 3 nitrogen and oxygen atoms in total. The summed E-state index contributed by atoms with van der Waals surface area (Å²) >= 11 is 0. The summed E-state index contributed by atoms with van der Waals surface area (Å²) in [7, 11) is 4.06. The summed E-state index contributed by atoms with van der Waals surface area (Å²) in [6.07, 6.45) is 0. The third-order valence-corrected chi connectivity index (χ3v) is 2.86. The average Bonchev–Trinajstić information content (AvgIpc) is 2.46. The molecule has 0 N–H and O–H groups in total. The van der Waals surface area contributed by atoms with E-state index in [2.05, 4.69) is 17.0 Å². The summed E-state index contributed by atoms with van der Waals surface area (Å²) in [5.41, 5.74) is 1.16. The van der Waals surface area contributed by atoms with E-state index in [0.717, 1.165) is 23.6 Å². The second-order valence-corrected chi connectivity index (χ2v) is 4.90. The lowest BCUT2D eigenvalue weighted by Crippen LogP contribution is -2.19. The van der Waals surface area contributed by atoms with Crippen LogP contribution in [-0.4, -0.2) is 32.1 Å². The standard InChI is InChI=1S/C17H21NO2/c1-18(2)11-12-19-16-9-6-10-17(13-16)20-14-15-7-4-3-5-8-15/h3-10,13H,11-12,14H2,1-2H3. The van der Waals surface area contributed by atoms with Crippen LogP contribution in [0.3, 0.4) is 0 Å². The molecule has 0 bridgehead atoms. The first-order valence-electron chi connectivity index (χ1n) is 6.78. The largest absolute Gasteiger partial charge is 0.492 e. The maximum Gasteiger partial charge on any atom is 0.123 e. The predicted molar refractivity (Wildman–Crippen MR) is 81.3 cm³/mol. The summed E-state index contributed by atoms with van der Waals surface area (Å²) in [4.78, 5) is 2.09. The van der Waals surface area contributed by atoms with Crippen LogP contribution in [0, 0.1) is 0 Å². The van der Waals surface area contributed by atoms with Gasteiger partial charge in [0.05, 0.1) is 0 Å². The molecule has 0 amide bonds. The second kappa shape index (κ2) is 7.56. The summed E-state index contributed by atoms with van der Waals surface area (Å²) in [5, 5.41) is 0. The highest BCUT2D eigenvalue weighted by Gasteiger charge is 1.99. The van der Waals surface area contributed by atoms with Crippen molar-refractivity contribution in [2.75, 3.05) is 27.2 Å². The Morgan fingerprint density at radius 1 is 0.850 bits per heavy atom. The molecule has 0 saturated carbocycles. The first-order chi connectivity index (χ1) is 9.74. The molecule has 0 aromatic heterocycles. The Morgan fingerprint density at radius 3 is 2.25 bits per heavy atom. The molecular formula is C17H21NO2. The van der Waals surface area contributed by atoms with E-state index in [4.69, 9.17) is 9.47 Å². The van der Waals surface area contributed by atoms with Gasteiger partial charge in [-0.3, -0.25) is 0 Å². The smallest absolute Gasteiger partial charge is 0.123 e.